The molecule has 0 saturated carbocycles. The predicted molar refractivity (Wildman–Crippen MR) is 97.2 cm³/mol. The Morgan fingerprint density at radius 3 is 2.41 bits per heavy atom. The van der Waals surface area contributed by atoms with Crippen LogP contribution in [-0.2, 0) is 6.18 Å². The number of hydrazine groups is 1. The zero-order valence-corrected chi connectivity index (χ0v) is 14.8. The van der Waals surface area contributed by atoms with Crippen LogP contribution in [0.1, 0.15) is 22.7 Å². The number of nitrogens with zero attached hydrogens (tertiary/aromatic N) is 4. The van der Waals surface area contributed by atoms with Crippen molar-refractivity contribution in [1.82, 2.24) is 20.0 Å². The van der Waals surface area contributed by atoms with Crippen molar-refractivity contribution in [3.63, 3.8) is 0 Å². The standard InChI is InChI=1S/C20H17F3N4/c1-26-12-16(13-4-3-5-15(10-13)20(21,22)23)19(27(26)2)14-6-7-17-18(11-14)25-9-8-24-17/h3-12,19H,1-2H3. The van der Waals surface area contributed by atoms with Crippen LogP contribution in [0.4, 0.5) is 13.2 Å². The van der Waals surface area contributed by atoms with Gasteiger partial charge in [-0.15, -0.1) is 0 Å². The molecule has 2 heterocycles. The molecule has 1 aliphatic rings. The Hall–Kier alpha value is -2.93. The summed E-state index contributed by atoms with van der Waals surface area (Å²) >= 11 is 0. The SMILES string of the molecule is CN1C=C(c2cccc(C(F)(F)F)c2)C(c2ccc3nccnc3c2)N1C. The van der Waals surface area contributed by atoms with Gasteiger partial charge in [0.25, 0.3) is 0 Å². The van der Waals surface area contributed by atoms with E-state index in [1.807, 2.05) is 48.5 Å². The maximum absolute atomic E-state index is 13.1. The Bertz CT molecular complexity index is 1030. The summed E-state index contributed by atoms with van der Waals surface area (Å²) in [4.78, 5) is 8.61. The molecule has 0 saturated heterocycles. The Balaban J connectivity index is 1.80. The molecule has 0 fully saturated rings. The lowest BCUT2D eigenvalue weighted by Gasteiger charge is -2.28. The summed E-state index contributed by atoms with van der Waals surface area (Å²) < 4.78 is 39.4. The molecule has 4 rings (SSSR count). The average Bonchev–Trinajstić information content (AvgIpc) is 2.96. The van der Waals surface area contributed by atoms with Crippen molar-refractivity contribution in [3.8, 4) is 0 Å². The molecule has 0 aliphatic carbocycles. The van der Waals surface area contributed by atoms with Crippen LogP contribution in [0.15, 0.2) is 61.1 Å². The molecular formula is C20H17F3N4. The first-order valence-corrected chi connectivity index (χ1v) is 8.40. The molecule has 4 nitrogen and oxygen atoms in total. The maximum atomic E-state index is 13.1. The fourth-order valence-electron chi connectivity index (χ4n) is 3.40. The molecule has 1 atom stereocenters. The number of fused-ring (bicyclic) bond motifs is 1. The van der Waals surface area contributed by atoms with E-state index in [2.05, 4.69) is 9.97 Å². The van der Waals surface area contributed by atoms with Crippen LogP contribution in [-0.4, -0.2) is 34.1 Å². The van der Waals surface area contributed by atoms with Crippen LogP contribution in [0.25, 0.3) is 16.6 Å². The third kappa shape index (κ3) is 3.14. The number of rotatable bonds is 2. The van der Waals surface area contributed by atoms with Crippen molar-refractivity contribution in [2.75, 3.05) is 14.1 Å². The summed E-state index contributed by atoms with van der Waals surface area (Å²) in [5, 5.41) is 3.86. The molecule has 3 aromatic rings. The highest BCUT2D eigenvalue weighted by Crippen LogP contribution is 2.41. The normalized spacial score (nSPS) is 18.2. The number of hydrogen-bond donors (Lipinski definition) is 0. The summed E-state index contributed by atoms with van der Waals surface area (Å²) in [6, 6.07) is 11.0. The van der Waals surface area contributed by atoms with E-state index >= 15 is 0 Å². The van der Waals surface area contributed by atoms with Crippen molar-refractivity contribution in [2.45, 2.75) is 12.2 Å². The average molecular weight is 370 g/mol. The Morgan fingerprint density at radius 2 is 1.67 bits per heavy atom. The number of halogens is 3. The molecule has 0 bridgehead atoms. The smallest absolute Gasteiger partial charge is 0.315 e. The third-order valence-corrected chi connectivity index (χ3v) is 4.82. The van der Waals surface area contributed by atoms with Crippen molar-refractivity contribution >= 4 is 16.6 Å². The zero-order chi connectivity index (χ0) is 19.2. The number of aromatic nitrogens is 2. The van der Waals surface area contributed by atoms with Crippen LogP contribution in [0.2, 0.25) is 0 Å². The minimum atomic E-state index is -4.37. The van der Waals surface area contributed by atoms with Crippen LogP contribution in [0.5, 0.6) is 0 Å². The van der Waals surface area contributed by atoms with Gasteiger partial charge in [-0.25, -0.2) is 5.01 Å². The molecule has 1 aromatic heterocycles. The fourth-order valence-corrected chi connectivity index (χ4v) is 3.40. The lowest BCUT2D eigenvalue weighted by Crippen LogP contribution is -2.30. The van der Waals surface area contributed by atoms with E-state index < -0.39 is 11.7 Å². The van der Waals surface area contributed by atoms with Crippen molar-refractivity contribution < 1.29 is 13.2 Å². The third-order valence-electron chi connectivity index (χ3n) is 4.82. The van der Waals surface area contributed by atoms with Crippen molar-refractivity contribution in [2.24, 2.45) is 0 Å². The van der Waals surface area contributed by atoms with Crippen LogP contribution >= 0.6 is 0 Å². The van der Waals surface area contributed by atoms with E-state index in [0.717, 1.165) is 28.2 Å². The second-order valence-electron chi connectivity index (χ2n) is 6.52. The molecule has 0 N–H and O–H groups in total. The first-order chi connectivity index (χ1) is 12.8. The van der Waals surface area contributed by atoms with E-state index in [0.29, 0.717) is 5.56 Å². The van der Waals surface area contributed by atoms with E-state index in [-0.39, 0.29) is 6.04 Å². The van der Waals surface area contributed by atoms with E-state index in [4.69, 9.17) is 0 Å². The number of benzene rings is 2. The Labute approximate surface area is 154 Å². The number of hydrogen-bond acceptors (Lipinski definition) is 4. The van der Waals surface area contributed by atoms with E-state index in [9.17, 15) is 13.2 Å². The van der Waals surface area contributed by atoms with Crippen molar-refractivity contribution in [3.05, 3.63) is 77.7 Å². The predicted octanol–water partition coefficient (Wildman–Crippen LogP) is 4.52. The number of alkyl halides is 3. The molecule has 0 radical (unpaired) electrons. The summed E-state index contributed by atoms with van der Waals surface area (Å²) in [6.45, 7) is 0. The summed E-state index contributed by atoms with van der Waals surface area (Å²) in [5.74, 6) is 0. The van der Waals surface area contributed by atoms with Crippen molar-refractivity contribution in [1.29, 1.82) is 0 Å². The lowest BCUT2D eigenvalue weighted by atomic mass is 9.93. The van der Waals surface area contributed by atoms with Crippen LogP contribution in [0.3, 0.4) is 0 Å². The van der Waals surface area contributed by atoms with Gasteiger partial charge in [-0.1, -0.05) is 18.2 Å². The maximum Gasteiger partial charge on any atom is 0.416 e. The summed E-state index contributed by atoms with van der Waals surface area (Å²) in [5.41, 5.74) is 3.17. The van der Waals surface area contributed by atoms with Gasteiger partial charge in [-0.05, 0) is 35.4 Å². The van der Waals surface area contributed by atoms with Gasteiger partial charge in [-0.2, -0.15) is 13.2 Å². The Kier molecular flexibility index (Phi) is 4.11. The molecule has 7 heteroatoms. The zero-order valence-electron chi connectivity index (χ0n) is 14.8. The first-order valence-electron chi connectivity index (χ1n) is 8.40. The van der Waals surface area contributed by atoms with Gasteiger partial charge in [0, 0.05) is 38.3 Å². The topological polar surface area (TPSA) is 32.3 Å². The fraction of sp³-hybridized carbons (Fsp3) is 0.200. The van der Waals surface area contributed by atoms with E-state index in [1.165, 1.54) is 12.1 Å². The van der Waals surface area contributed by atoms with Gasteiger partial charge in [0.2, 0.25) is 0 Å². The summed E-state index contributed by atoms with van der Waals surface area (Å²) in [6.07, 6.45) is 0.744. The second-order valence-corrected chi connectivity index (χ2v) is 6.52. The Morgan fingerprint density at radius 1 is 0.926 bits per heavy atom. The molecule has 1 aliphatic heterocycles. The van der Waals surface area contributed by atoms with Gasteiger partial charge in [0.05, 0.1) is 22.6 Å². The molecule has 0 amide bonds. The minimum absolute atomic E-state index is 0.218. The van der Waals surface area contributed by atoms with Gasteiger partial charge in [0.15, 0.2) is 0 Å². The highest BCUT2D eigenvalue weighted by molar-refractivity contribution is 5.78. The molecular weight excluding hydrogens is 353 g/mol. The van der Waals surface area contributed by atoms with Crippen LogP contribution < -0.4 is 0 Å². The summed E-state index contributed by atoms with van der Waals surface area (Å²) in [7, 11) is 3.77. The van der Waals surface area contributed by atoms with Gasteiger partial charge in [-0.3, -0.25) is 9.97 Å². The first kappa shape index (κ1) is 17.5. The largest absolute Gasteiger partial charge is 0.416 e. The quantitative estimate of drug-likeness (QED) is 0.664. The highest BCUT2D eigenvalue weighted by atomic mass is 19.4. The molecule has 2 aromatic carbocycles. The second kappa shape index (κ2) is 6.35. The molecule has 0 spiro atoms. The van der Waals surface area contributed by atoms with Gasteiger partial charge >= 0.3 is 6.18 Å². The van der Waals surface area contributed by atoms with Crippen LogP contribution in [0, 0.1) is 0 Å². The minimum Gasteiger partial charge on any atom is -0.315 e. The highest BCUT2D eigenvalue weighted by Gasteiger charge is 2.34. The molecule has 138 valence electrons. The number of likely N-dealkylation sites (N-methyl/N-ethyl adjacent to an activating group) is 1. The monoisotopic (exact) mass is 370 g/mol. The molecule has 27 heavy (non-hydrogen) atoms. The van der Waals surface area contributed by atoms with E-state index in [1.54, 1.807) is 18.5 Å². The van der Waals surface area contributed by atoms with Gasteiger partial charge < -0.3 is 5.01 Å². The molecule has 1 unspecified atom stereocenters. The lowest BCUT2D eigenvalue weighted by molar-refractivity contribution is -0.137. The van der Waals surface area contributed by atoms with Gasteiger partial charge in [0.1, 0.15) is 0 Å².